The zero-order valence-corrected chi connectivity index (χ0v) is 13.8. The third-order valence-corrected chi connectivity index (χ3v) is 4.23. The Hall–Kier alpha value is -1.95. The standard InChI is InChI=1S/C17H26N4O2/c1-18-16(22)7-4-8-17(23)20-13-15(21-10-2-3-11-21)14-6-5-9-19-12-14/h5-6,9,12,15H,2-4,7-8,10-11,13H2,1H3,(H,18,22)(H,20,23). The van der Waals surface area contributed by atoms with E-state index in [2.05, 4.69) is 26.6 Å². The lowest BCUT2D eigenvalue weighted by Gasteiger charge is -2.28. The van der Waals surface area contributed by atoms with Crippen LogP contribution in [0.1, 0.15) is 43.7 Å². The Labute approximate surface area is 137 Å². The highest BCUT2D eigenvalue weighted by Crippen LogP contribution is 2.23. The van der Waals surface area contributed by atoms with Crippen molar-refractivity contribution in [2.24, 2.45) is 0 Å². The van der Waals surface area contributed by atoms with E-state index in [1.807, 2.05) is 12.3 Å². The number of nitrogens with zero attached hydrogens (tertiary/aromatic N) is 2. The van der Waals surface area contributed by atoms with Crippen LogP contribution < -0.4 is 10.6 Å². The van der Waals surface area contributed by atoms with Gasteiger partial charge in [0.05, 0.1) is 6.04 Å². The predicted octanol–water partition coefficient (Wildman–Crippen LogP) is 1.25. The molecule has 126 valence electrons. The molecule has 1 saturated heterocycles. The van der Waals surface area contributed by atoms with Crippen LogP contribution in [-0.4, -0.2) is 48.4 Å². The molecule has 2 amide bonds. The van der Waals surface area contributed by atoms with Crippen molar-refractivity contribution in [1.29, 1.82) is 0 Å². The number of hydrogen-bond donors (Lipinski definition) is 2. The first-order valence-corrected chi connectivity index (χ1v) is 8.32. The summed E-state index contributed by atoms with van der Waals surface area (Å²) >= 11 is 0. The molecule has 2 rings (SSSR count). The highest BCUT2D eigenvalue weighted by molar-refractivity contribution is 5.78. The van der Waals surface area contributed by atoms with E-state index in [4.69, 9.17) is 0 Å². The van der Waals surface area contributed by atoms with Gasteiger partial charge in [-0.1, -0.05) is 6.07 Å². The molecule has 0 spiro atoms. The minimum Gasteiger partial charge on any atom is -0.359 e. The van der Waals surface area contributed by atoms with Gasteiger partial charge in [0.15, 0.2) is 0 Å². The SMILES string of the molecule is CNC(=O)CCCC(=O)NCC(c1cccnc1)N1CCCC1. The summed E-state index contributed by atoms with van der Waals surface area (Å²) < 4.78 is 0. The van der Waals surface area contributed by atoms with Crippen LogP contribution in [0.25, 0.3) is 0 Å². The largest absolute Gasteiger partial charge is 0.359 e. The monoisotopic (exact) mass is 318 g/mol. The third kappa shape index (κ3) is 5.63. The second kappa shape index (κ2) is 9.25. The highest BCUT2D eigenvalue weighted by Gasteiger charge is 2.23. The molecule has 6 heteroatoms. The number of nitrogens with one attached hydrogen (secondary N) is 2. The van der Waals surface area contributed by atoms with Crippen LogP contribution in [0.3, 0.4) is 0 Å². The Bertz CT molecular complexity index is 501. The first-order chi connectivity index (χ1) is 11.2. The molecule has 0 radical (unpaired) electrons. The number of pyridine rings is 1. The molecule has 1 aromatic rings. The molecule has 0 saturated carbocycles. The van der Waals surface area contributed by atoms with Crippen LogP contribution in [0.15, 0.2) is 24.5 Å². The van der Waals surface area contributed by atoms with Crippen molar-refractivity contribution in [3.05, 3.63) is 30.1 Å². The molecule has 0 aliphatic carbocycles. The van der Waals surface area contributed by atoms with Crippen LogP contribution in [0, 0.1) is 0 Å². The van der Waals surface area contributed by atoms with E-state index in [-0.39, 0.29) is 17.9 Å². The van der Waals surface area contributed by atoms with Crippen molar-refractivity contribution in [2.75, 3.05) is 26.7 Å². The van der Waals surface area contributed by atoms with Gasteiger partial charge in [-0.25, -0.2) is 0 Å². The van der Waals surface area contributed by atoms with Crippen LogP contribution in [0.4, 0.5) is 0 Å². The average molecular weight is 318 g/mol. The van der Waals surface area contributed by atoms with E-state index in [0.29, 0.717) is 25.8 Å². The Morgan fingerprint density at radius 2 is 2.00 bits per heavy atom. The van der Waals surface area contributed by atoms with Crippen molar-refractivity contribution in [3.63, 3.8) is 0 Å². The minimum absolute atomic E-state index is 0.00184. The predicted molar refractivity (Wildman–Crippen MR) is 88.7 cm³/mol. The van der Waals surface area contributed by atoms with Gasteiger partial charge in [-0.15, -0.1) is 0 Å². The van der Waals surface area contributed by atoms with Gasteiger partial charge in [0.2, 0.25) is 11.8 Å². The molecule has 1 aliphatic rings. The van der Waals surface area contributed by atoms with Crippen molar-refractivity contribution < 1.29 is 9.59 Å². The molecular weight excluding hydrogens is 292 g/mol. The molecule has 23 heavy (non-hydrogen) atoms. The second-order valence-corrected chi connectivity index (χ2v) is 5.88. The molecule has 0 bridgehead atoms. The molecule has 1 atom stereocenters. The lowest BCUT2D eigenvalue weighted by atomic mass is 10.1. The molecule has 2 N–H and O–H groups in total. The van der Waals surface area contributed by atoms with Crippen LogP contribution in [0.2, 0.25) is 0 Å². The third-order valence-electron chi connectivity index (χ3n) is 4.23. The number of carbonyl (C=O) groups excluding carboxylic acids is 2. The summed E-state index contributed by atoms with van der Waals surface area (Å²) in [4.78, 5) is 29.8. The fourth-order valence-electron chi connectivity index (χ4n) is 2.92. The smallest absolute Gasteiger partial charge is 0.220 e. The number of likely N-dealkylation sites (tertiary alicyclic amines) is 1. The Balaban J connectivity index is 1.83. The summed E-state index contributed by atoms with van der Waals surface area (Å²) in [6.07, 6.45) is 7.40. The lowest BCUT2D eigenvalue weighted by Crippen LogP contribution is -2.36. The molecule has 1 aliphatic heterocycles. The number of aromatic nitrogens is 1. The van der Waals surface area contributed by atoms with Gasteiger partial charge in [0, 0.05) is 38.8 Å². The van der Waals surface area contributed by atoms with Gasteiger partial charge < -0.3 is 10.6 Å². The van der Waals surface area contributed by atoms with Gasteiger partial charge in [-0.05, 0) is 44.0 Å². The Morgan fingerprint density at radius 3 is 2.65 bits per heavy atom. The average Bonchev–Trinajstić information content (AvgIpc) is 3.10. The van der Waals surface area contributed by atoms with Gasteiger partial charge in [0.25, 0.3) is 0 Å². The molecule has 1 unspecified atom stereocenters. The summed E-state index contributed by atoms with van der Waals surface area (Å²) in [5.74, 6) is -0.0231. The maximum Gasteiger partial charge on any atom is 0.220 e. The maximum absolute atomic E-state index is 12.0. The molecule has 1 fully saturated rings. The van der Waals surface area contributed by atoms with Crippen molar-refractivity contribution in [3.8, 4) is 0 Å². The normalized spacial score (nSPS) is 16.0. The van der Waals surface area contributed by atoms with Gasteiger partial charge >= 0.3 is 0 Å². The van der Waals surface area contributed by atoms with E-state index in [0.717, 1.165) is 18.7 Å². The van der Waals surface area contributed by atoms with Crippen LogP contribution in [-0.2, 0) is 9.59 Å². The van der Waals surface area contributed by atoms with Gasteiger partial charge in [0.1, 0.15) is 0 Å². The summed E-state index contributed by atoms with van der Waals surface area (Å²) in [5, 5.41) is 5.57. The van der Waals surface area contributed by atoms with E-state index < -0.39 is 0 Å². The van der Waals surface area contributed by atoms with E-state index in [1.54, 1.807) is 13.2 Å². The molecule has 1 aromatic heterocycles. The molecule has 2 heterocycles. The first kappa shape index (κ1) is 17.4. The fraction of sp³-hybridized carbons (Fsp3) is 0.588. The number of hydrogen-bond acceptors (Lipinski definition) is 4. The van der Waals surface area contributed by atoms with E-state index in [9.17, 15) is 9.59 Å². The molecule has 0 aromatic carbocycles. The Morgan fingerprint density at radius 1 is 1.26 bits per heavy atom. The van der Waals surface area contributed by atoms with Crippen LogP contribution in [0.5, 0.6) is 0 Å². The van der Waals surface area contributed by atoms with Crippen LogP contribution >= 0.6 is 0 Å². The topological polar surface area (TPSA) is 74.3 Å². The van der Waals surface area contributed by atoms with Crippen molar-refractivity contribution in [1.82, 2.24) is 20.5 Å². The first-order valence-electron chi connectivity index (χ1n) is 8.32. The quantitative estimate of drug-likeness (QED) is 0.756. The fourth-order valence-corrected chi connectivity index (χ4v) is 2.92. The summed E-state index contributed by atoms with van der Waals surface area (Å²) in [5.41, 5.74) is 1.14. The number of carbonyl (C=O) groups is 2. The maximum atomic E-state index is 12.0. The van der Waals surface area contributed by atoms with Crippen molar-refractivity contribution in [2.45, 2.75) is 38.1 Å². The zero-order valence-electron chi connectivity index (χ0n) is 13.8. The zero-order chi connectivity index (χ0) is 16.5. The Kier molecular flexibility index (Phi) is 7.00. The summed E-state index contributed by atoms with van der Waals surface area (Å²) in [7, 11) is 1.61. The summed E-state index contributed by atoms with van der Waals surface area (Å²) in [6.45, 7) is 2.71. The highest BCUT2D eigenvalue weighted by atomic mass is 16.2. The number of rotatable bonds is 8. The van der Waals surface area contributed by atoms with E-state index in [1.165, 1.54) is 12.8 Å². The molecule has 6 nitrogen and oxygen atoms in total. The number of amides is 2. The molecular formula is C17H26N4O2. The van der Waals surface area contributed by atoms with E-state index >= 15 is 0 Å². The van der Waals surface area contributed by atoms with Gasteiger partial charge in [-0.3, -0.25) is 19.5 Å². The lowest BCUT2D eigenvalue weighted by molar-refractivity contribution is -0.122. The minimum atomic E-state index is -0.0249. The summed E-state index contributed by atoms with van der Waals surface area (Å²) in [6, 6.07) is 4.17. The second-order valence-electron chi connectivity index (χ2n) is 5.88. The van der Waals surface area contributed by atoms with Crippen molar-refractivity contribution >= 4 is 11.8 Å². The van der Waals surface area contributed by atoms with Gasteiger partial charge in [-0.2, -0.15) is 0 Å².